The largest absolute Gasteiger partial charge is 0.354 e. The van der Waals surface area contributed by atoms with Crippen molar-refractivity contribution in [1.82, 2.24) is 10.2 Å². The van der Waals surface area contributed by atoms with Crippen LogP contribution in [0.4, 0.5) is 5.69 Å². The number of hydrogen-bond acceptors (Lipinski definition) is 4. The smallest absolute Gasteiger partial charge is 0.264 e. The average molecular weight is 522 g/mol. The van der Waals surface area contributed by atoms with Crippen LogP contribution < -0.4 is 9.62 Å². The van der Waals surface area contributed by atoms with E-state index in [1.165, 1.54) is 17.0 Å². The number of sulfonamides is 1. The van der Waals surface area contributed by atoms with Crippen LogP contribution in [-0.2, 0) is 26.2 Å². The number of hydrogen-bond donors (Lipinski definition) is 1. The quantitative estimate of drug-likeness (QED) is 0.406. The van der Waals surface area contributed by atoms with Crippen LogP contribution in [0.25, 0.3) is 0 Å². The lowest BCUT2D eigenvalue weighted by molar-refractivity contribution is -0.139. The highest BCUT2D eigenvalue weighted by Crippen LogP contribution is 2.24. The molecule has 3 rings (SSSR count). The van der Waals surface area contributed by atoms with Gasteiger partial charge in [0.2, 0.25) is 11.8 Å². The molecular formula is C29H35N3O4S. The number of rotatable bonds is 11. The van der Waals surface area contributed by atoms with Crippen molar-refractivity contribution in [2.45, 2.75) is 45.2 Å². The Kier molecular flexibility index (Phi) is 9.47. The summed E-state index contributed by atoms with van der Waals surface area (Å²) in [6.45, 7) is 7.73. The summed E-state index contributed by atoms with van der Waals surface area (Å²) in [6.07, 6.45) is 0. The Balaban J connectivity index is 1.97. The average Bonchev–Trinajstić information content (AvgIpc) is 2.89. The number of nitrogens with zero attached hydrogens (tertiary/aromatic N) is 2. The molecule has 0 saturated carbocycles. The van der Waals surface area contributed by atoms with E-state index in [1.807, 2.05) is 51.1 Å². The van der Waals surface area contributed by atoms with Crippen molar-refractivity contribution in [3.8, 4) is 0 Å². The number of benzene rings is 3. The van der Waals surface area contributed by atoms with E-state index in [2.05, 4.69) is 5.32 Å². The standard InChI is InChI=1S/C29H35N3O4S/c1-22(2)19-30-29(34)24(4)31(20-25-11-7-5-8-12-25)28(33)21-32(26-13-9-6-10-14-26)37(35,36)27-17-15-23(3)16-18-27/h5-18,22,24H,19-21H2,1-4H3,(H,30,34)/t24-/m1/s1. The van der Waals surface area contributed by atoms with Crippen LogP contribution in [0.2, 0.25) is 0 Å². The van der Waals surface area contributed by atoms with Crippen LogP contribution >= 0.6 is 0 Å². The molecule has 0 aliphatic carbocycles. The third-order valence-corrected chi connectivity index (χ3v) is 7.77. The van der Waals surface area contributed by atoms with Crippen LogP contribution in [0.1, 0.15) is 31.9 Å². The molecule has 0 saturated heterocycles. The molecule has 1 atom stereocenters. The van der Waals surface area contributed by atoms with Crippen LogP contribution in [0.5, 0.6) is 0 Å². The maximum Gasteiger partial charge on any atom is 0.264 e. The SMILES string of the molecule is Cc1ccc(S(=O)(=O)N(CC(=O)N(Cc2ccccc2)[C@H](C)C(=O)NCC(C)C)c2ccccc2)cc1. The molecule has 3 aromatic rings. The van der Waals surface area contributed by atoms with E-state index in [9.17, 15) is 18.0 Å². The van der Waals surface area contributed by atoms with E-state index in [-0.39, 0.29) is 23.3 Å². The first kappa shape index (κ1) is 27.9. The van der Waals surface area contributed by atoms with Gasteiger partial charge in [-0.25, -0.2) is 8.42 Å². The van der Waals surface area contributed by atoms with Gasteiger partial charge in [-0.3, -0.25) is 13.9 Å². The van der Waals surface area contributed by atoms with Crippen molar-refractivity contribution in [3.63, 3.8) is 0 Å². The van der Waals surface area contributed by atoms with Crippen molar-refractivity contribution in [3.05, 3.63) is 96.1 Å². The van der Waals surface area contributed by atoms with Gasteiger partial charge in [0.25, 0.3) is 10.0 Å². The monoisotopic (exact) mass is 521 g/mol. The fraction of sp³-hybridized carbons (Fsp3) is 0.310. The van der Waals surface area contributed by atoms with Gasteiger partial charge in [0, 0.05) is 13.1 Å². The molecule has 7 nitrogen and oxygen atoms in total. The Labute approximate surface area is 220 Å². The second-order valence-electron chi connectivity index (χ2n) is 9.48. The molecule has 0 aromatic heterocycles. The van der Waals surface area contributed by atoms with E-state index < -0.39 is 28.5 Å². The summed E-state index contributed by atoms with van der Waals surface area (Å²) >= 11 is 0. The molecule has 1 N–H and O–H groups in total. The number of carbonyl (C=O) groups excluding carboxylic acids is 2. The van der Waals surface area contributed by atoms with Gasteiger partial charge in [-0.2, -0.15) is 0 Å². The highest BCUT2D eigenvalue weighted by molar-refractivity contribution is 7.92. The third kappa shape index (κ3) is 7.43. The van der Waals surface area contributed by atoms with Crippen LogP contribution in [0.15, 0.2) is 89.8 Å². The molecule has 0 unspecified atom stereocenters. The Morgan fingerprint density at radius 3 is 1.97 bits per heavy atom. The summed E-state index contributed by atoms with van der Waals surface area (Å²) in [5, 5.41) is 2.88. The van der Waals surface area contributed by atoms with Crippen molar-refractivity contribution < 1.29 is 18.0 Å². The molecule has 0 aliphatic heterocycles. The lowest BCUT2D eigenvalue weighted by Gasteiger charge is -2.32. The van der Waals surface area contributed by atoms with Crippen molar-refractivity contribution >= 4 is 27.5 Å². The fourth-order valence-corrected chi connectivity index (χ4v) is 5.19. The van der Waals surface area contributed by atoms with Gasteiger partial charge in [-0.1, -0.05) is 80.1 Å². The van der Waals surface area contributed by atoms with Crippen molar-refractivity contribution in [1.29, 1.82) is 0 Å². The molecule has 2 amide bonds. The minimum Gasteiger partial charge on any atom is -0.354 e. The van der Waals surface area contributed by atoms with Gasteiger partial charge in [0.05, 0.1) is 10.6 Å². The zero-order valence-corrected chi connectivity index (χ0v) is 22.6. The second-order valence-corrected chi connectivity index (χ2v) is 11.3. The molecule has 37 heavy (non-hydrogen) atoms. The van der Waals surface area contributed by atoms with Gasteiger partial charge >= 0.3 is 0 Å². The topological polar surface area (TPSA) is 86.8 Å². The second kappa shape index (κ2) is 12.5. The predicted octanol–water partition coefficient (Wildman–Crippen LogP) is 4.38. The Morgan fingerprint density at radius 1 is 0.838 bits per heavy atom. The van der Waals surface area contributed by atoms with E-state index >= 15 is 0 Å². The molecule has 0 fully saturated rings. The number of aryl methyl sites for hydroxylation is 1. The first-order valence-electron chi connectivity index (χ1n) is 12.3. The van der Waals surface area contributed by atoms with Crippen LogP contribution in [0, 0.1) is 12.8 Å². The van der Waals surface area contributed by atoms with E-state index in [0.29, 0.717) is 12.2 Å². The first-order chi connectivity index (χ1) is 17.6. The molecular weight excluding hydrogens is 486 g/mol. The predicted molar refractivity (Wildman–Crippen MR) is 146 cm³/mol. The summed E-state index contributed by atoms with van der Waals surface area (Å²) in [5.41, 5.74) is 2.14. The molecule has 0 radical (unpaired) electrons. The van der Waals surface area contributed by atoms with Gasteiger partial charge in [-0.05, 0) is 49.6 Å². The van der Waals surface area contributed by atoms with Crippen LogP contribution in [-0.4, -0.2) is 44.3 Å². The summed E-state index contributed by atoms with van der Waals surface area (Å²) in [7, 11) is -4.05. The van der Waals surface area contributed by atoms with E-state index in [4.69, 9.17) is 0 Å². The molecule has 196 valence electrons. The number of anilines is 1. The van der Waals surface area contributed by atoms with E-state index in [0.717, 1.165) is 15.4 Å². The van der Waals surface area contributed by atoms with Crippen molar-refractivity contribution in [2.75, 3.05) is 17.4 Å². The first-order valence-corrected chi connectivity index (χ1v) is 13.8. The zero-order chi connectivity index (χ0) is 27.0. The third-order valence-electron chi connectivity index (χ3n) is 5.98. The molecule has 0 spiro atoms. The summed E-state index contributed by atoms with van der Waals surface area (Å²) in [5.74, 6) is -0.510. The number of carbonyl (C=O) groups is 2. The minimum absolute atomic E-state index is 0.0899. The van der Waals surface area contributed by atoms with Gasteiger partial charge in [0.1, 0.15) is 12.6 Å². The minimum atomic E-state index is -4.05. The lowest BCUT2D eigenvalue weighted by Crippen LogP contribution is -2.51. The molecule has 0 aliphatic rings. The van der Waals surface area contributed by atoms with Gasteiger partial charge in [-0.15, -0.1) is 0 Å². The van der Waals surface area contributed by atoms with Crippen LogP contribution in [0.3, 0.4) is 0 Å². The highest BCUT2D eigenvalue weighted by Gasteiger charge is 2.32. The molecule has 3 aromatic carbocycles. The van der Waals surface area contributed by atoms with Crippen molar-refractivity contribution in [2.24, 2.45) is 5.92 Å². The highest BCUT2D eigenvalue weighted by atomic mass is 32.2. The van der Waals surface area contributed by atoms with Gasteiger partial charge < -0.3 is 10.2 Å². The summed E-state index contributed by atoms with van der Waals surface area (Å²) < 4.78 is 28.5. The summed E-state index contributed by atoms with van der Waals surface area (Å²) in [6, 6.07) is 23.6. The fourth-order valence-electron chi connectivity index (χ4n) is 3.78. The normalized spacial score (nSPS) is 12.1. The number of amides is 2. The molecule has 0 heterocycles. The van der Waals surface area contributed by atoms with Gasteiger partial charge in [0.15, 0.2) is 0 Å². The number of para-hydroxylation sites is 1. The van der Waals surface area contributed by atoms with E-state index in [1.54, 1.807) is 49.4 Å². The Morgan fingerprint density at radius 2 is 1.41 bits per heavy atom. The lowest BCUT2D eigenvalue weighted by atomic mass is 10.1. The zero-order valence-electron chi connectivity index (χ0n) is 21.8. The maximum atomic E-state index is 13.8. The Hall–Kier alpha value is -3.65. The number of nitrogens with one attached hydrogen (secondary N) is 1. The maximum absolute atomic E-state index is 13.8. The summed E-state index contributed by atoms with van der Waals surface area (Å²) in [4.78, 5) is 28.3. The Bertz CT molecular complexity index is 1280. The molecule has 0 bridgehead atoms. The molecule has 8 heteroatoms.